The molecule has 0 spiro atoms. The number of methoxy groups -OCH3 is 1. The van der Waals surface area contributed by atoms with Gasteiger partial charge in [-0.3, -0.25) is 9.59 Å². The van der Waals surface area contributed by atoms with Crippen molar-refractivity contribution in [3.63, 3.8) is 0 Å². The zero-order valence-electron chi connectivity index (χ0n) is 21.1. The molecule has 1 aliphatic heterocycles. The van der Waals surface area contributed by atoms with Gasteiger partial charge in [-0.2, -0.15) is 0 Å². The summed E-state index contributed by atoms with van der Waals surface area (Å²) in [6.07, 6.45) is 4.45. The molecule has 0 bridgehead atoms. The topological polar surface area (TPSA) is 72.6 Å². The lowest BCUT2D eigenvalue weighted by Gasteiger charge is -2.37. The number of unbranched alkanes of at least 4 members (excludes halogenated alkanes) is 1. The summed E-state index contributed by atoms with van der Waals surface area (Å²) >= 11 is 0. The number of rotatable bonds is 11. The van der Waals surface area contributed by atoms with Gasteiger partial charge in [0.1, 0.15) is 5.41 Å². The molecule has 0 aliphatic carbocycles. The Morgan fingerprint density at radius 3 is 2.03 bits per heavy atom. The maximum Gasteiger partial charge on any atom is 0.309 e. The zero-order chi connectivity index (χ0) is 25.4. The second-order valence-corrected chi connectivity index (χ2v) is 9.72. The van der Waals surface area contributed by atoms with Crippen molar-refractivity contribution in [2.75, 3.05) is 26.7 Å². The summed E-state index contributed by atoms with van der Waals surface area (Å²) in [6.45, 7) is 2.84. The molecule has 4 rings (SSSR count). The van der Waals surface area contributed by atoms with E-state index in [9.17, 15) is 9.59 Å². The highest BCUT2D eigenvalue weighted by Crippen LogP contribution is 2.43. The summed E-state index contributed by atoms with van der Waals surface area (Å²) < 4.78 is 4.74. The molecule has 188 valence electrons. The minimum Gasteiger partial charge on any atom is -0.469 e. The minimum absolute atomic E-state index is 0.127. The third kappa shape index (κ3) is 5.68. The fourth-order valence-electron chi connectivity index (χ4n) is 5.64. The molecular weight excluding hydrogens is 448 g/mol. The fraction of sp³-hybridized carbons (Fsp3) is 0.355. The van der Waals surface area contributed by atoms with Crippen molar-refractivity contribution in [2.45, 2.75) is 37.5 Å². The van der Waals surface area contributed by atoms with Gasteiger partial charge in [-0.15, -0.1) is 0 Å². The van der Waals surface area contributed by atoms with Crippen molar-refractivity contribution in [3.8, 4) is 0 Å². The lowest BCUT2D eigenvalue weighted by molar-refractivity contribution is -0.139. The average molecular weight is 485 g/mol. The van der Waals surface area contributed by atoms with Crippen molar-refractivity contribution in [2.24, 2.45) is 11.7 Å². The number of nitrogens with zero attached hydrogens (tertiary/aromatic N) is 1. The van der Waals surface area contributed by atoms with Crippen LogP contribution in [0.3, 0.4) is 0 Å². The van der Waals surface area contributed by atoms with Gasteiger partial charge in [0.2, 0.25) is 5.91 Å². The molecule has 1 unspecified atom stereocenters. The summed E-state index contributed by atoms with van der Waals surface area (Å²) in [5.41, 5.74) is 9.59. The molecule has 1 fully saturated rings. The summed E-state index contributed by atoms with van der Waals surface area (Å²) in [7, 11) is 1.41. The number of amides is 1. The first kappa shape index (κ1) is 25.6. The van der Waals surface area contributed by atoms with Crippen LogP contribution in [0.25, 0.3) is 0 Å². The van der Waals surface area contributed by atoms with E-state index in [-0.39, 0.29) is 17.8 Å². The molecule has 5 nitrogen and oxygen atoms in total. The summed E-state index contributed by atoms with van der Waals surface area (Å²) in [5.74, 6) is -0.365. The highest BCUT2D eigenvalue weighted by molar-refractivity contribution is 5.91. The van der Waals surface area contributed by atoms with Crippen LogP contribution in [-0.4, -0.2) is 43.5 Å². The quantitative estimate of drug-likeness (QED) is 0.321. The van der Waals surface area contributed by atoms with Gasteiger partial charge >= 0.3 is 5.97 Å². The normalized spacial score (nSPS) is 16.1. The van der Waals surface area contributed by atoms with E-state index in [0.717, 1.165) is 62.0 Å². The lowest BCUT2D eigenvalue weighted by Crippen LogP contribution is -2.49. The SMILES string of the molecule is COC(=O)Cc1ccc(CCCCN2CCC(C(C(N)=O)(c3ccccc3)c3ccccc3)C2)cc1. The summed E-state index contributed by atoms with van der Waals surface area (Å²) in [5, 5.41) is 0. The Labute approximate surface area is 214 Å². The van der Waals surface area contributed by atoms with Crippen LogP contribution < -0.4 is 5.73 Å². The standard InChI is InChI=1S/C31H36N2O3/c1-36-29(34)22-25-17-15-24(16-18-25)10-8-9-20-33-21-19-28(23-33)31(30(32)35,26-11-4-2-5-12-26)27-13-6-3-7-14-27/h2-7,11-18,28H,8-10,19-23H2,1H3,(H2,32,35). The van der Waals surface area contributed by atoms with Gasteiger partial charge in [0.15, 0.2) is 0 Å². The molecule has 1 amide bonds. The van der Waals surface area contributed by atoms with Gasteiger partial charge < -0.3 is 15.4 Å². The molecule has 0 saturated carbocycles. The highest BCUT2D eigenvalue weighted by Gasteiger charge is 2.49. The number of nitrogens with two attached hydrogens (primary N) is 1. The number of aryl methyl sites for hydroxylation is 1. The van der Waals surface area contributed by atoms with Gasteiger partial charge in [0.05, 0.1) is 13.5 Å². The van der Waals surface area contributed by atoms with Crippen LogP contribution in [0.15, 0.2) is 84.9 Å². The van der Waals surface area contributed by atoms with Crippen LogP contribution in [0.1, 0.15) is 41.5 Å². The summed E-state index contributed by atoms with van der Waals surface area (Å²) in [4.78, 5) is 27.1. The average Bonchev–Trinajstić information content (AvgIpc) is 3.38. The van der Waals surface area contributed by atoms with Gasteiger partial charge in [-0.1, -0.05) is 84.9 Å². The first-order valence-electron chi connectivity index (χ1n) is 12.8. The van der Waals surface area contributed by atoms with E-state index in [0.29, 0.717) is 6.42 Å². The van der Waals surface area contributed by atoms with Gasteiger partial charge in [-0.05, 0) is 66.9 Å². The first-order valence-corrected chi connectivity index (χ1v) is 12.8. The maximum absolute atomic E-state index is 13.2. The number of carbonyl (C=O) groups is 2. The number of benzene rings is 3. The maximum atomic E-state index is 13.2. The molecule has 36 heavy (non-hydrogen) atoms. The highest BCUT2D eigenvalue weighted by atomic mass is 16.5. The molecule has 2 N–H and O–H groups in total. The number of carbonyl (C=O) groups excluding carboxylic acids is 2. The predicted octanol–water partition coefficient (Wildman–Crippen LogP) is 4.52. The molecule has 1 atom stereocenters. The van der Waals surface area contributed by atoms with Gasteiger partial charge in [0, 0.05) is 6.54 Å². The third-order valence-electron chi connectivity index (χ3n) is 7.52. The van der Waals surface area contributed by atoms with Crippen LogP contribution in [-0.2, 0) is 32.6 Å². The van der Waals surface area contributed by atoms with Crippen LogP contribution in [0.4, 0.5) is 0 Å². The van der Waals surface area contributed by atoms with Crippen molar-refractivity contribution in [3.05, 3.63) is 107 Å². The van der Waals surface area contributed by atoms with Gasteiger partial charge in [0.25, 0.3) is 0 Å². The fourth-order valence-corrected chi connectivity index (χ4v) is 5.64. The number of primary amides is 1. The number of esters is 1. The van der Waals surface area contributed by atoms with Crippen molar-refractivity contribution >= 4 is 11.9 Å². The largest absolute Gasteiger partial charge is 0.469 e. The van der Waals surface area contributed by atoms with Crippen LogP contribution in [0, 0.1) is 5.92 Å². The van der Waals surface area contributed by atoms with E-state index in [4.69, 9.17) is 10.5 Å². The molecule has 5 heteroatoms. The predicted molar refractivity (Wildman–Crippen MR) is 143 cm³/mol. The first-order chi connectivity index (χ1) is 17.5. The van der Waals surface area contributed by atoms with Crippen molar-refractivity contribution in [1.29, 1.82) is 0 Å². The lowest BCUT2D eigenvalue weighted by atomic mass is 9.64. The summed E-state index contributed by atoms with van der Waals surface area (Å²) in [6, 6.07) is 28.3. The Balaban J connectivity index is 1.37. The van der Waals surface area contributed by atoms with E-state index in [2.05, 4.69) is 17.0 Å². The Bertz CT molecular complexity index is 1090. The number of ether oxygens (including phenoxy) is 1. The number of hydrogen-bond acceptors (Lipinski definition) is 4. The van der Waals surface area contributed by atoms with Crippen LogP contribution in [0.5, 0.6) is 0 Å². The molecule has 0 radical (unpaired) electrons. The van der Waals surface area contributed by atoms with E-state index in [1.807, 2.05) is 72.8 Å². The Morgan fingerprint density at radius 2 is 1.47 bits per heavy atom. The third-order valence-corrected chi connectivity index (χ3v) is 7.52. The molecular formula is C31H36N2O3. The van der Waals surface area contributed by atoms with E-state index in [1.54, 1.807) is 0 Å². The number of hydrogen-bond donors (Lipinski definition) is 1. The molecule has 0 aromatic heterocycles. The van der Waals surface area contributed by atoms with E-state index < -0.39 is 5.41 Å². The molecule has 1 saturated heterocycles. The van der Waals surface area contributed by atoms with Crippen molar-refractivity contribution < 1.29 is 14.3 Å². The van der Waals surface area contributed by atoms with E-state index >= 15 is 0 Å². The molecule has 3 aromatic rings. The Kier molecular flexibility index (Phi) is 8.55. The molecule has 1 heterocycles. The van der Waals surface area contributed by atoms with Crippen LogP contribution in [0.2, 0.25) is 0 Å². The second-order valence-electron chi connectivity index (χ2n) is 9.72. The van der Waals surface area contributed by atoms with Crippen LogP contribution >= 0.6 is 0 Å². The monoisotopic (exact) mass is 484 g/mol. The smallest absolute Gasteiger partial charge is 0.309 e. The molecule has 1 aliphatic rings. The Morgan fingerprint density at radius 1 is 0.889 bits per heavy atom. The van der Waals surface area contributed by atoms with Gasteiger partial charge in [-0.25, -0.2) is 0 Å². The Hall–Kier alpha value is -3.44. The van der Waals surface area contributed by atoms with Crippen molar-refractivity contribution in [1.82, 2.24) is 4.90 Å². The molecule has 3 aromatic carbocycles. The number of likely N-dealkylation sites (tertiary alicyclic amines) is 1. The minimum atomic E-state index is -0.830. The second kappa shape index (κ2) is 12.0. The zero-order valence-corrected chi connectivity index (χ0v) is 21.1. The van der Waals surface area contributed by atoms with E-state index in [1.165, 1.54) is 12.7 Å².